The Hall–Kier alpha value is -1.88. The van der Waals surface area contributed by atoms with E-state index in [0.717, 1.165) is 17.0 Å². The van der Waals surface area contributed by atoms with Gasteiger partial charge in [-0.25, -0.2) is 4.68 Å². The highest BCUT2D eigenvalue weighted by Gasteiger charge is 2.02. The maximum Gasteiger partial charge on any atom is 0.122 e. The van der Waals surface area contributed by atoms with Gasteiger partial charge < -0.3 is 9.84 Å². The SMILES string of the molecule is Cc1ccc(C)c(OCCn2cc(CCO)nn2)c1. The minimum Gasteiger partial charge on any atom is -0.491 e. The molecule has 2 aromatic rings. The number of benzene rings is 1. The van der Waals surface area contributed by atoms with Crippen molar-refractivity contribution in [1.29, 1.82) is 0 Å². The van der Waals surface area contributed by atoms with Crippen LogP contribution in [-0.2, 0) is 13.0 Å². The third-order valence-electron chi connectivity index (χ3n) is 2.88. The zero-order valence-electron chi connectivity index (χ0n) is 11.3. The molecule has 0 saturated heterocycles. The number of rotatable bonds is 6. The summed E-state index contributed by atoms with van der Waals surface area (Å²) in [5.41, 5.74) is 3.12. The molecule has 0 saturated carbocycles. The Kier molecular flexibility index (Phi) is 4.52. The van der Waals surface area contributed by atoms with Gasteiger partial charge in [0, 0.05) is 19.2 Å². The predicted octanol–water partition coefficient (Wildman–Crippen LogP) is 1.51. The summed E-state index contributed by atoms with van der Waals surface area (Å²) in [5, 5.41) is 16.8. The molecule has 2 rings (SSSR count). The van der Waals surface area contributed by atoms with Crippen LogP contribution in [0.15, 0.2) is 24.4 Å². The average Bonchev–Trinajstić information content (AvgIpc) is 2.82. The summed E-state index contributed by atoms with van der Waals surface area (Å²) in [5.74, 6) is 0.913. The van der Waals surface area contributed by atoms with Crippen molar-refractivity contribution in [3.05, 3.63) is 41.2 Å². The molecule has 1 heterocycles. The molecule has 0 aliphatic heterocycles. The molecule has 0 bridgehead atoms. The van der Waals surface area contributed by atoms with Crippen molar-refractivity contribution in [1.82, 2.24) is 15.0 Å². The van der Waals surface area contributed by atoms with Gasteiger partial charge in [0.15, 0.2) is 0 Å². The summed E-state index contributed by atoms with van der Waals surface area (Å²) >= 11 is 0. The first-order valence-electron chi connectivity index (χ1n) is 6.39. The van der Waals surface area contributed by atoms with Crippen LogP contribution < -0.4 is 4.74 Å². The molecule has 0 spiro atoms. The molecule has 1 aromatic carbocycles. The van der Waals surface area contributed by atoms with Crippen molar-refractivity contribution in [3.8, 4) is 5.75 Å². The van der Waals surface area contributed by atoms with Crippen LogP contribution in [0.5, 0.6) is 5.75 Å². The molecule has 1 aromatic heterocycles. The average molecular weight is 261 g/mol. The zero-order valence-corrected chi connectivity index (χ0v) is 11.3. The standard InChI is InChI=1S/C14H19N3O2/c1-11-3-4-12(2)14(9-11)19-8-6-17-10-13(5-7-18)15-16-17/h3-4,9-10,18H,5-8H2,1-2H3. The van der Waals surface area contributed by atoms with E-state index in [1.165, 1.54) is 5.56 Å². The summed E-state index contributed by atoms with van der Waals surface area (Å²) in [6.45, 7) is 5.37. The molecule has 5 heteroatoms. The summed E-state index contributed by atoms with van der Waals surface area (Å²) in [7, 11) is 0. The maximum absolute atomic E-state index is 8.81. The van der Waals surface area contributed by atoms with E-state index in [2.05, 4.69) is 22.4 Å². The predicted molar refractivity (Wildman–Crippen MR) is 72.2 cm³/mol. The number of aromatic nitrogens is 3. The van der Waals surface area contributed by atoms with E-state index in [0.29, 0.717) is 19.6 Å². The highest BCUT2D eigenvalue weighted by molar-refractivity contribution is 5.35. The van der Waals surface area contributed by atoms with E-state index in [4.69, 9.17) is 9.84 Å². The van der Waals surface area contributed by atoms with Gasteiger partial charge in [-0.1, -0.05) is 17.3 Å². The van der Waals surface area contributed by atoms with Gasteiger partial charge in [0.05, 0.1) is 12.2 Å². The first-order valence-corrected chi connectivity index (χ1v) is 6.39. The highest BCUT2D eigenvalue weighted by Crippen LogP contribution is 2.18. The smallest absolute Gasteiger partial charge is 0.122 e. The fourth-order valence-corrected chi connectivity index (χ4v) is 1.79. The Bertz CT molecular complexity index is 537. The van der Waals surface area contributed by atoms with Crippen molar-refractivity contribution < 1.29 is 9.84 Å². The van der Waals surface area contributed by atoms with Gasteiger partial charge in [-0.15, -0.1) is 5.10 Å². The van der Waals surface area contributed by atoms with Gasteiger partial charge >= 0.3 is 0 Å². The molecular weight excluding hydrogens is 242 g/mol. The van der Waals surface area contributed by atoms with E-state index >= 15 is 0 Å². The second-order valence-electron chi connectivity index (χ2n) is 4.56. The van der Waals surface area contributed by atoms with E-state index in [9.17, 15) is 0 Å². The van der Waals surface area contributed by atoms with E-state index < -0.39 is 0 Å². The number of hydrogen-bond acceptors (Lipinski definition) is 4. The summed E-state index contributed by atoms with van der Waals surface area (Å²) in [6, 6.07) is 6.16. The molecular formula is C14H19N3O2. The molecule has 0 atom stereocenters. The van der Waals surface area contributed by atoms with Crippen molar-refractivity contribution in [3.63, 3.8) is 0 Å². The van der Waals surface area contributed by atoms with Crippen LogP contribution in [0.2, 0.25) is 0 Å². The molecule has 0 fully saturated rings. The molecule has 0 aliphatic carbocycles. The van der Waals surface area contributed by atoms with Crippen LogP contribution in [0, 0.1) is 13.8 Å². The van der Waals surface area contributed by atoms with Crippen molar-refractivity contribution >= 4 is 0 Å². The van der Waals surface area contributed by atoms with Crippen LogP contribution in [0.25, 0.3) is 0 Å². The zero-order chi connectivity index (χ0) is 13.7. The van der Waals surface area contributed by atoms with Crippen LogP contribution in [0.4, 0.5) is 0 Å². The molecule has 19 heavy (non-hydrogen) atoms. The molecule has 102 valence electrons. The number of aryl methyl sites for hydroxylation is 2. The topological polar surface area (TPSA) is 60.2 Å². The van der Waals surface area contributed by atoms with Crippen molar-refractivity contribution in [2.24, 2.45) is 0 Å². The van der Waals surface area contributed by atoms with Gasteiger partial charge in [-0.3, -0.25) is 0 Å². The normalized spacial score (nSPS) is 10.7. The van der Waals surface area contributed by atoms with Gasteiger partial charge in [0.25, 0.3) is 0 Å². The number of nitrogens with zero attached hydrogens (tertiary/aromatic N) is 3. The second-order valence-corrected chi connectivity index (χ2v) is 4.56. The quantitative estimate of drug-likeness (QED) is 0.856. The van der Waals surface area contributed by atoms with E-state index in [1.54, 1.807) is 4.68 Å². The lowest BCUT2D eigenvalue weighted by Gasteiger charge is -2.09. The minimum atomic E-state index is 0.0949. The third-order valence-corrected chi connectivity index (χ3v) is 2.88. The Morgan fingerprint density at radius 3 is 2.95 bits per heavy atom. The largest absolute Gasteiger partial charge is 0.491 e. The first kappa shape index (κ1) is 13.5. The fraction of sp³-hybridized carbons (Fsp3) is 0.429. The van der Waals surface area contributed by atoms with Crippen molar-refractivity contribution in [2.75, 3.05) is 13.2 Å². The molecule has 1 N–H and O–H groups in total. The van der Waals surface area contributed by atoms with Crippen molar-refractivity contribution in [2.45, 2.75) is 26.8 Å². The second kappa shape index (κ2) is 6.33. The van der Waals surface area contributed by atoms with Crippen LogP contribution in [-0.4, -0.2) is 33.3 Å². The van der Waals surface area contributed by atoms with Gasteiger partial charge in [-0.05, 0) is 31.0 Å². The van der Waals surface area contributed by atoms with E-state index in [-0.39, 0.29) is 6.61 Å². The lowest BCUT2D eigenvalue weighted by molar-refractivity contribution is 0.288. The number of aliphatic hydroxyl groups is 1. The van der Waals surface area contributed by atoms with Crippen LogP contribution in [0.1, 0.15) is 16.8 Å². The lowest BCUT2D eigenvalue weighted by atomic mass is 10.1. The Morgan fingerprint density at radius 2 is 2.16 bits per heavy atom. The maximum atomic E-state index is 8.81. The van der Waals surface area contributed by atoms with Gasteiger partial charge in [0.2, 0.25) is 0 Å². The Labute approximate surface area is 112 Å². The summed E-state index contributed by atoms with van der Waals surface area (Å²) < 4.78 is 7.49. The molecule has 0 unspecified atom stereocenters. The summed E-state index contributed by atoms with van der Waals surface area (Å²) in [4.78, 5) is 0. The van der Waals surface area contributed by atoms with Gasteiger partial charge in [0.1, 0.15) is 12.4 Å². The number of hydrogen-bond donors (Lipinski definition) is 1. The van der Waals surface area contributed by atoms with Crippen LogP contribution >= 0.6 is 0 Å². The molecule has 0 aliphatic rings. The Morgan fingerprint density at radius 1 is 1.32 bits per heavy atom. The van der Waals surface area contributed by atoms with E-state index in [1.807, 2.05) is 26.1 Å². The third kappa shape index (κ3) is 3.79. The lowest BCUT2D eigenvalue weighted by Crippen LogP contribution is -2.09. The monoisotopic (exact) mass is 261 g/mol. The first-order chi connectivity index (χ1) is 9.19. The molecule has 0 amide bonds. The fourth-order valence-electron chi connectivity index (χ4n) is 1.79. The Balaban J connectivity index is 1.87. The molecule has 0 radical (unpaired) electrons. The van der Waals surface area contributed by atoms with Gasteiger partial charge in [-0.2, -0.15) is 0 Å². The van der Waals surface area contributed by atoms with Crippen LogP contribution in [0.3, 0.4) is 0 Å². The molecule has 5 nitrogen and oxygen atoms in total. The number of aliphatic hydroxyl groups excluding tert-OH is 1. The highest BCUT2D eigenvalue weighted by atomic mass is 16.5. The minimum absolute atomic E-state index is 0.0949. The summed E-state index contributed by atoms with van der Waals surface area (Å²) in [6.07, 6.45) is 2.38. The number of ether oxygens (including phenoxy) is 1.